The molecule has 2 rings (SSSR count). The number of anilines is 2. The van der Waals surface area contributed by atoms with Crippen LogP contribution in [0.5, 0.6) is 0 Å². The summed E-state index contributed by atoms with van der Waals surface area (Å²) < 4.78 is 0. The van der Waals surface area contributed by atoms with Gasteiger partial charge in [-0.3, -0.25) is 0 Å². The third-order valence-electron chi connectivity index (χ3n) is 2.56. The molecule has 0 radical (unpaired) electrons. The molecular weight excluding hydrogens is 162 g/mol. The van der Waals surface area contributed by atoms with Crippen LogP contribution in [0.4, 0.5) is 11.5 Å². The van der Waals surface area contributed by atoms with Gasteiger partial charge in [-0.15, -0.1) is 0 Å². The normalized spacial score (nSPS) is 16.5. The Labute approximate surface area is 78.6 Å². The van der Waals surface area contributed by atoms with E-state index in [1.54, 1.807) is 0 Å². The van der Waals surface area contributed by atoms with Crippen LogP contribution in [-0.4, -0.2) is 18.1 Å². The summed E-state index contributed by atoms with van der Waals surface area (Å²) in [5.74, 6) is 1.03. The van der Waals surface area contributed by atoms with E-state index in [1.165, 1.54) is 12.8 Å². The molecule has 2 N–H and O–H groups in total. The molecule has 13 heavy (non-hydrogen) atoms. The number of hydrogen-bond donors (Lipinski definition) is 1. The molecule has 0 amide bonds. The third-order valence-corrected chi connectivity index (χ3v) is 2.56. The molecular formula is C10H15N3. The molecule has 2 heterocycles. The van der Waals surface area contributed by atoms with Gasteiger partial charge in [-0.05, 0) is 25.3 Å². The molecule has 1 aliphatic rings. The highest BCUT2D eigenvalue weighted by atomic mass is 15.2. The fourth-order valence-corrected chi connectivity index (χ4v) is 1.65. The van der Waals surface area contributed by atoms with E-state index in [-0.39, 0.29) is 0 Å². The average molecular weight is 177 g/mol. The molecule has 1 aromatic heterocycles. The highest BCUT2D eigenvalue weighted by Crippen LogP contribution is 2.21. The zero-order valence-corrected chi connectivity index (χ0v) is 7.95. The van der Waals surface area contributed by atoms with Gasteiger partial charge in [0.15, 0.2) is 0 Å². The smallest absolute Gasteiger partial charge is 0.130 e. The van der Waals surface area contributed by atoms with E-state index in [9.17, 15) is 0 Å². The maximum absolute atomic E-state index is 5.82. The van der Waals surface area contributed by atoms with Crippen LogP contribution >= 0.6 is 0 Å². The first-order valence-corrected chi connectivity index (χ1v) is 4.74. The molecule has 1 saturated heterocycles. The van der Waals surface area contributed by atoms with Crippen molar-refractivity contribution in [1.82, 2.24) is 4.98 Å². The van der Waals surface area contributed by atoms with Crippen molar-refractivity contribution in [3.8, 4) is 0 Å². The van der Waals surface area contributed by atoms with Crippen molar-refractivity contribution < 1.29 is 0 Å². The van der Waals surface area contributed by atoms with Crippen molar-refractivity contribution in [3.63, 3.8) is 0 Å². The SMILES string of the molecule is Cc1cnc(N2CCCC2)cc1N. The van der Waals surface area contributed by atoms with Gasteiger partial charge < -0.3 is 10.6 Å². The molecule has 1 aliphatic heterocycles. The summed E-state index contributed by atoms with van der Waals surface area (Å²) >= 11 is 0. The second-order valence-corrected chi connectivity index (χ2v) is 3.59. The Morgan fingerprint density at radius 3 is 2.69 bits per heavy atom. The number of hydrogen-bond acceptors (Lipinski definition) is 3. The molecule has 70 valence electrons. The summed E-state index contributed by atoms with van der Waals surface area (Å²) in [7, 11) is 0. The highest BCUT2D eigenvalue weighted by Gasteiger charge is 2.13. The van der Waals surface area contributed by atoms with Crippen LogP contribution in [0.3, 0.4) is 0 Å². The van der Waals surface area contributed by atoms with Crippen LogP contribution < -0.4 is 10.6 Å². The lowest BCUT2D eigenvalue weighted by atomic mass is 10.2. The minimum absolute atomic E-state index is 0.844. The number of aryl methyl sites for hydroxylation is 1. The van der Waals surface area contributed by atoms with Gasteiger partial charge in [0.05, 0.1) is 0 Å². The summed E-state index contributed by atoms with van der Waals surface area (Å²) in [6.45, 7) is 4.22. The van der Waals surface area contributed by atoms with Gasteiger partial charge in [0.2, 0.25) is 0 Å². The Balaban J connectivity index is 2.25. The van der Waals surface area contributed by atoms with Crippen molar-refractivity contribution in [2.75, 3.05) is 23.7 Å². The van der Waals surface area contributed by atoms with Crippen molar-refractivity contribution in [1.29, 1.82) is 0 Å². The molecule has 3 heteroatoms. The first kappa shape index (κ1) is 8.35. The van der Waals surface area contributed by atoms with Crippen LogP contribution in [-0.2, 0) is 0 Å². The zero-order chi connectivity index (χ0) is 9.26. The number of nitrogens with zero attached hydrogens (tertiary/aromatic N) is 2. The number of aromatic nitrogens is 1. The summed E-state index contributed by atoms with van der Waals surface area (Å²) in [5.41, 5.74) is 7.72. The largest absolute Gasteiger partial charge is 0.398 e. The molecule has 0 atom stereocenters. The summed E-state index contributed by atoms with van der Waals surface area (Å²) in [4.78, 5) is 6.65. The first-order valence-electron chi connectivity index (χ1n) is 4.74. The van der Waals surface area contributed by atoms with Gasteiger partial charge in [-0.1, -0.05) is 0 Å². The Morgan fingerprint density at radius 2 is 2.08 bits per heavy atom. The second-order valence-electron chi connectivity index (χ2n) is 3.59. The van der Waals surface area contributed by atoms with Gasteiger partial charge in [0.1, 0.15) is 5.82 Å². The molecule has 3 nitrogen and oxygen atoms in total. The van der Waals surface area contributed by atoms with Crippen molar-refractivity contribution >= 4 is 11.5 Å². The van der Waals surface area contributed by atoms with E-state index in [4.69, 9.17) is 5.73 Å². The van der Waals surface area contributed by atoms with E-state index in [0.717, 1.165) is 30.2 Å². The molecule has 1 aromatic rings. The number of nitrogen functional groups attached to an aromatic ring is 1. The van der Waals surface area contributed by atoms with E-state index >= 15 is 0 Å². The monoisotopic (exact) mass is 177 g/mol. The number of nitrogens with two attached hydrogens (primary N) is 1. The fraction of sp³-hybridized carbons (Fsp3) is 0.500. The van der Waals surface area contributed by atoms with Gasteiger partial charge in [-0.2, -0.15) is 0 Å². The summed E-state index contributed by atoms with van der Waals surface area (Å²) in [6.07, 6.45) is 4.40. The van der Waals surface area contributed by atoms with Crippen LogP contribution in [0, 0.1) is 6.92 Å². The molecule has 1 fully saturated rings. The summed E-state index contributed by atoms with van der Waals surface area (Å²) in [6, 6.07) is 1.97. The molecule has 0 aromatic carbocycles. The highest BCUT2D eigenvalue weighted by molar-refractivity contribution is 5.54. The molecule has 0 unspecified atom stereocenters. The summed E-state index contributed by atoms with van der Waals surface area (Å²) in [5, 5.41) is 0. The van der Waals surface area contributed by atoms with E-state index in [2.05, 4.69) is 9.88 Å². The predicted molar refractivity (Wildman–Crippen MR) is 54.8 cm³/mol. The van der Waals surface area contributed by atoms with Crippen molar-refractivity contribution in [2.45, 2.75) is 19.8 Å². The Bertz CT molecular complexity index is 303. The minimum Gasteiger partial charge on any atom is -0.398 e. The first-order chi connectivity index (χ1) is 6.27. The van der Waals surface area contributed by atoms with Crippen LogP contribution in [0.25, 0.3) is 0 Å². The van der Waals surface area contributed by atoms with Gasteiger partial charge in [0, 0.05) is 31.0 Å². The topological polar surface area (TPSA) is 42.2 Å². The Morgan fingerprint density at radius 1 is 1.38 bits per heavy atom. The van der Waals surface area contributed by atoms with E-state index < -0.39 is 0 Å². The molecule has 0 bridgehead atoms. The average Bonchev–Trinajstić information content (AvgIpc) is 2.62. The maximum Gasteiger partial charge on any atom is 0.130 e. The van der Waals surface area contributed by atoms with E-state index in [0.29, 0.717) is 0 Å². The van der Waals surface area contributed by atoms with Crippen molar-refractivity contribution in [2.24, 2.45) is 0 Å². The fourth-order valence-electron chi connectivity index (χ4n) is 1.65. The molecule has 0 aliphatic carbocycles. The lowest BCUT2D eigenvalue weighted by molar-refractivity contribution is 0.936. The maximum atomic E-state index is 5.82. The second kappa shape index (κ2) is 3.24. The van der Waals surface area contributed by atoms with Crippen LogP contribution in [0.2, 0.25) is 0 Å². The molecule has 0 saturated carbocycles. The number of rotatable bonds is 1. The number of pyridine rings is 1. The predicted octanol–water partition coefficient (Wildman–Crippen LogP) is 1.57. The third kappa shape index (κ3) is 1.59. The van der Waals surface area contributed by atoms with Crippen molar-refractivity contribution in [3.05, 3.63) is 17.8 Å². The Kier molecular flexibility index (Phi) is 2.08. The zero-order valence-electron chi connectivity index (χ0n) is 7.95. The van der Waals surface area contributed by atoms with Gasteiger partial charge in [-0.25, -0.2) is 4.98 Å². The standard InChI is InChI=1S/C10H15N3/c1-8-7-12-10(6-9(8)11)13-4-2-3-5-13/h6-7H,2-5H2,1H3,(H2,11,12). The van der Waals surface area contributed by atoms with Gasteiger partial charge >= 0.3 is 0 Å². The quantitative estimate of drug-likeness (QED) is 0.708. The van der Waals surface area contributed by atoms with Gasteiger partial charge in [0.25, 0.3) is 0 Å². The van der Waals surface area contributed by atoms with Crippen LogP contribution in [0.15, 0.2) is 12.3 Å². The lowest BCUT2D eigenvalue weighted by Gasteiger charge is -2.16. The molecule has 0 spiro atoms. The van der Waals surface area contributed by atoms with E-state index in [1.807, 2.05) is 19.2 Å². The Hall–Kier alpha value is -1.25. The lowest BCUT2D eigenvalue weighted by Crippen LogP contribution is -2.19. The van der Waals surface area contributed by atoms with Crippen LogP contribution in [0.1, 0.15) is 18.4 Å². The minimum atomic E-state index is 0.844.